The van der Waals surface area contributed by atoms with Crippen molar-refractivity contribution in [1.82, 2.24) is 9.55 Å². The molecule has 4 rings (SSSR count). The fourth-order valence-electron chi connectivity index (χ4n) is 3.55. The molecular weight excluding hydrogens is 348 g/mol. The minimum absolute atomic E-state index is 0.0634. The lowest BCUT2D eigenvalue weighted by atomic mass is 10.1. The van der Waals surface area contributed by atoms with E-state index >= 15 is 0 Å². The number of rotatable bonds is 4. The van der Waals surface area contributed by atoms with Crippen molar-refractivity contribution in [3.05, 3.63) is 29.5 Å². The molecule has 3 heterocycles. The summed E-state index contributed by atoms with van der Waals surface area (Å²) >= 11 is 6.33. The van der Waals surface area contributed by atoms with E-state index in [1.54, 1.807) is 26.5 Å². The Morgan fingerprint density at radius 3 is 2.76 bits per heavy atom. The summed E-state index contributed by atoms with van der Waals surface area (Å²) in [5, 5.41) is 10.4. The van der Waals surface area contributed by atoms with Crippen LogP contribution in [0.3, 0.4) is 0 Å². The summed E-state index contributed by atoms with van der Waals surface area (Å²) in [6, 6.07) is 3.56. The Balaban J connectivity index is 1.72. The number of halogens is 1. The van der Waals surface area contributed by atoms with Gasteiger partial charge in [0.2, 0.25) is 0 Å². The lowest BCUT2D eigenvalue weighted by Crippen LogP contribution is -2.30. The third kappa shape index (κ3) is 2.67. The minimum atomic E-state index is -0.586. The van der Waals surface area contributed by atoms with E-state index in [-0.39, 0.29) is 24.9 Å². The molecule has 0 amide bonds. The summed E-state index contributed by atoms with van der Waals surface area (Å²) in [5.41, 5.74) is 0.801. The Hall–Kier alpha value is -1.80. The molecule has 2 aliphatic heterocycles. The zero-order valence-corrected chi connectivity index (χ0v) is 14.6. The number of imidazole rings is 1. The van der Waals surface area contributed by atoms with Crippen LogP contribution in [0, 0.1) is 0 Å². The quantitative estimate of drug-likeness (QED) is 0.891. The van der Waals surface area contributed by atoms with E-state index in [0.717, 1.165) is 11.4 Å². The van der Waals surface area contributed by atoms with Crippen molar-refractivity contribution in [2.45, 2.75) is 24.4 Å². The van der Waals surface area contributed by atoms with Crippen molar-refractivity contribution < 1.29 is 24.1 Å². The lowest BCUT2D eigenvalue weighted by Gasteiger charge is -2.20. The molecule has 0 spiro atoms. The fraction of sp³-hybridized carbons (Fsp3) is 0.471. The van der Waals surface area contributed by atoms with E-state index in [4.69, 9.17) is 30.5 Å². The summed E-state index contributed by atoms with van der Waals surface area (Å²) in [5.74, 6) is 1.74. The van der Waals surface area contributed by atoms with Gasteiger partial charge in [-0.15, -0.1) is 0 Å². The number of nitrogens with zero attached hydrogens (tertiary/aromatic N) is 2. The molecular formula is C17H19ClN2O5. The van der Waals surface area contributed by atoms with Gasteiger partial charge in [-0.1, -0.05) is 11.6 Å². The summed E-state index contributed by atoms with van der Waals surface area (Å²) in [6.07, 6.45) is 2.52. The van der Waals surface area contributed by atoms with Crippen LogP contribution in [0.25, 0.3) is 11.4 Å². The zero-order valence-electron chi connectivity index (χ0n) is 13.9. The highest BCUT2D eigenvalue weighted by molar-refractivity contribution is 6.32. The first kappa shape index (κ1) is 16.7. The van der Waals surface area contributed by atoms with E-state index in [1.165, 1.54) is 0 Å². The third-order valence-electron chi connectivity index (χ3n) is 4.72. The van der Waals surface area contributed by atoms with Crippen molar-refractivity contribution in [2.75, 3.05) is 27.4 Å². The number of aliphatic hydroxyl groups excluding tert-OH is 1. The van der Waals surface area contributed by atoms with E-state index < -0.39 is 6.10 Å². The van der Waals surface area contributed by atoms with Crippen LogP contribution in [0.5, 0.6) is 11.5 Å². The highest BCUT2D eigenvalue weighted by atomic mass is 35.5. The van der Waals surface area contributed by atoms with Crippen LogP contribution < -0.4 is 9.47 Å². The highest BCUT2D eigenvalue weighted by Gasteiger charge is 2.48. The molecule has 2 aliphatic rings. The minimum Gasteiger partial charge on any atom is -0.493 e. The molecule has 2 fully saturated rings. The van der Waals surface area contributed by atoms with Gasteiger partial charge in [0.25, 0.3) is 0 Å². The molecule has 0 saturated carbocycles. The van der Waals surface area contributed by atoms with Crippen LogP contribution in [0.2, 0.25) is 5.02 Å². The molecule has 0 radical (unpaired) electrons. The van der Waals surface area contributed by atoms with Crippen molar-refractivity contribution >= 4 is 11.6 Å². The van der Waals surface area contributed by atoms with Crippen molar-refractivity contribution in [3.8, 4) is 22.9 Å². The van der Waals surface area contributed by atoms with Crippen LogP contribution in [-0.4, -0.2) is 60.4 Å². The van der Waals surface area contributed by atoms with Gasteiger partial charge in [-0.2, -0.15) is 0 Å². The molecule has 0 bridgehead atoms. The number of hydrogen-bond donors (Lipinski definition) is 1. The second-order valence-corrected chi connectivity index (χ2v) is 6.49. The number of hydrogen-bond acceptors (Lipinski definition) is 6. The zero-order chi connectivity index (χ0) is 17.6. The van der Waals surface area contributed by atoms with Crippen LogP contribution in [0.15, 0.2) is 24.5 Å². The first-order valence-electron chi connectivity index (χ1n) is 8.00. The molecule has 1 aromatic heterocycles. The Morgan fingerprint density at radius 1 is 1.20 bits per heavy atom. The van der Waals surface area contributed by atoms with Gasteiger partial charge in [-0.25, -0.2) is 4.98 Å². The molecule has 25 heavy (non-hydrogen) atoms. The van der Waals surface area contributed by atoms with Gasteiger partial charge in [0.15, 0.2) is 11.5 Å². The predicted octanol–water partition coefficient (Wildman–Crippen LogP) is 1.92. The Kier molecular flexibility index (Phi) is 4.33. The second-order valence-electron chi connectivity index (χ2n) is 6.08. The van der Waals surface area contributed by atoms with Crippen LogP contribution in [-0.2, 0) is 9.47 Å². The third-order valence-corrected chi connectivity index (χ3v) is 5.00. The van der Waals surface area contributed by atoms with Crippen LogP contribution in [0.1, 0.15) is 6.04 Å². The molecule has 0 unspecified atom stereocenters. The predicted molar refractivity (Wildman–Crippen MR) is 90.3 cm³/mol. The van der Waals surface area contributed by atoms with E-state index in [1.807, 2.05) is 16.8 Å². The second kappa shape index (κ2) is 6.49. The smallest absolute Gasteiger partial charge is 0.179 e. The highest BCUT2D eigenvalue weighted by Crippen LogP contribution is 2.41. The first-order chi connectivity index (χ1) is 12.1. The monoisotopic (exact) mass is 366 g/mol. The van der Waals surface area contributed by atoms with Gasteiger partial charge < -0.3 is 28.6 Å². The summed E-state index contributed by atoms with van der Waals surface area (Å²) in [4.78, 5) is 4.47. The van der Waals surface area contributed by atoms with Gasteiger partial charge in [-0.3, -0.25) is 0 Å². The van der Waals surface area contributed by atoms with Crippen molar-refractivity contribution in [2.24, 2.45) is 0 Å². The van der Waals surface area contributed by atoms with E-state index in [2.05, 4.69) is 4.98 Å². The Morgan fingerprint density at radius 2 is 2.00 bits per heavy atom. The van der Waals surface area contributed by atoms with Crippen LogP contribution in [0.4, 0.5) is 0 Å². The van der Waals surface area contributed by atoms with Gasteiger partial charge in [0.05, 0.1) is 38.5 Å². The lowest BCUT2D eigenvalue weighted by molar-refractivity contribution is 0.0172. The normalized spacial score (nSPS) is 28.2. The number of methoxy groups -OCH3 is 2. The van der Waals surface area contributed by atoms with Gasteiger partial charge >= 0.3 is 0 Å². The van der Waals surface area contributed by atoms with E-state index in [9.17, 15) is 5.11 Å². The summed E-state index contributed by atoms with van der Waals surface area (Å²) in [7, 11) is 3.11. The van der Waals surface area contributed by atoms with Crippen molar-refractivity contribution in [1.29, 1.82) is 0 Å². The molecule has 1 N–H and O–H groups in total. The number of aliphatic hydroxyl groups is 1. The summed E-state index contributed by atoms with van der Waals surface area (Å²) in [6.45, 7) is 0.745. The average molecular weight is 367 g/mol. The fourth-order valence-corrected chi connectivity index (χ4v) is 3.84. The molecule has 7 nitrogen and oxygen atoms in total. The maximum absolute atomic E-state index is 9.94. The molecule has 1 aromatic carbocycles. The topological polar surface area (TPSA) is 75.0 Å². The van der Waals surface area contributed by atoms with Gasteiger partial charge in [0.1, 0.15) is 24.1 Å². The molecule has 8 heteroatoms. The first-order valence-corrected chi connectivity index (χ1v) is 8.37. The van der Waals surface area contributed by atoms with Crippen LogP contribution >= 0.6 is 11.6 Å². The number of ether oxygens (including phenoxy) is 4. The molecule has 0 aliphatic carbocycles. The maximum Gasteiger partial charge on any atom is 0.179 e. The Labute approximate surface area is 150 Å². The Bertz CT molecular complexity index is 780. The standard InChI is InChI=1S/C17H19ClN2O5/c1-22-13-6-9(5-10(18)14(13)23-2)17-19-3-4-20(17)11-7-24-16-12(21)8-25-15(11)16/h3-6,11-12,15-16,21H,7-8H2,1-2H3/t11-,12+,15+,16+/m0/s1. The van der Waals surface area contributed by atoms with Crippen molar-refractivity contribution in [3.63, 3.8) is 0 Å². The van der Waals surface area contributed by atoms with E-state index in [0.29, 0.717) is 23.1 Å². The summed E-state index contributed by atoms with van der Waals surface area (Å²) < 4.78 is 24.1. The SMILES string of the molecule is COc1cc(-c2nccn2[C@H]2CO[C@H]3[C@@H]2OC[C@H]3O)cc(Cl)c1OC. The molecule has 4 atom stereocenters. The number of aromatic nitrogens is 2. The maximum atomic E-state index is 9.94. The molecule has 134 valence electrons. The van der Waals surface area contributed by atoms with Gasteiger partial charge in [-0.05, 0) is 12.1 Å². The number of benzene rings is 1. The largest absolute Gasteiger partial charge is 0.493 e. The number of fused-ring (bicyclic) bond motifs is 1. The molecule has 2 saturated heterocycles. The molecule has 2 aromatic rings. The van der Waals surface area contributed by atoms with Gasteiger partial charge in [0, 0.05) is 18.0 Å². The average Bonchev–Trinajstić information content (AvgIpc) is 3.31.